The lowest BCUT2D eigenvalue weighted by Gasteiger charge is -1.61. The number of aromatic nitrogens is 8. The molecule has 0 bridgehead atoms. The van der Waals surface area contributed by atoms with Crippen LogP contribution in [-0.2, 0) is 9.13 Å². The third-order valence-electron chi connectivity index (χ3n) is 0.539. The van der Waals surface area contributed by atoms with Crippen molar-refractivity contribution in [1.29, 1.82) is 0 Å². The smallest absolute Gasteiger partial charge is 0.314 e. The quantitative estimate of drug-likeness (QED) is 0.270. The van der Waals surface area contributed by atoms with Gasteiger partial charge in [0.15, 0.2) is 12.7 Å². The number of rotatable bonds is 0. The fourth-order valence-electron chi connectivity index (χ4n) is 0.258. The molecule has 0 unspecified atom stereocenters. The van der Waals surface area contributed by atoms with Gasteiger partial charge in [-0.3, -0.25) is 9.13 Å². The zero-order valence-corrected chi connectivity index (χ0v) is 10.4. The summed E-state index contributed by atoms with van der Waals surface area (Å²) in [4.78, 5) is 28.6. The minimum absolute atomic E-state index is 1.33. The van der Waals surface area contributed by atoms with E-state index < -0.39 is 16.5 Å². The Morgan fingerprint density at radius 2 is 1.06 bits per heavy atom. The minimum Gasteiger partial charge on any atom is -0.326 e. The van der Waals surface area contributed by atoms with Crippen molar-refractivity contribution in [3.63, 3.8) is 0 Å². The summed E-state index contributed by atoms with van der Waals surface area (Å²) < 4.78 is 17.5. The van der Waals surface area contributed by atoms with Gasteiger partial charge < -0.3 is 19.6 Å². The highest BCUT2D eigenvalue weighted by Gasteiger charge is 1.62. The molecular formula is C2H10N8O6P2. The molecule has 0 amide bonds. The number of hydrogen-bond acceptors (Lipinski definition) is 8. The number of nitrogens with one attached hydrogen (secondary N) is 2. The van der Waals surface area contributed by atoms with E-state index in [9.17, 15) is 0 Å². The van der Waals surface area contributed by atoms with Crippen molar-refractivity contribution < 1.29 is 28.7 Å². The predicted octanol–water partition coefficient (Wildman–Crippen LogP) is -2.88. The van der Waals surface area contributed by atoms with Crippen LogP contribution >= 0.6 is 16.5 Å². The maximum atomic E-state index is 8.74. The van der Waals surface area contributed by atoms with Crippen molar-refractivity contribution in [1.82, 2.24) is 41.2 Å². The summed E-state index contributed by atoms with van der Waals surface area (Å²) in [6, 6.07) is 0. The zero-order valence-electron chi connectivity index (χ0n) is 8.44. The molecule has 0 aliphatic heterocycles. The molecule has 0 spiro atoms. The van der Waals surface area contributed by atoms with Gasteiger partial charge in [-0.15, -0.1) is 20.4 Å². The van der Waals surface area contributed by atoms with Crippen LogP contribution in [0.1, 0.15) is 0 Å². The van der Waals surface area contributed by atoms with Crippen LogP contribution < -0.4 is 0 Å². The van der Waals surface area contributed by atoms with Crippen LogP contribution in [0.5, 0.6) is 0 Å². The number of nitrogens with zero attached hydrogens (tertiary/aromatic N) is 6. The zero-order chi connectivity index (χ0) is 14.2. The van der Waals surface area contributed by atoms with E-state index in [0.717, 1.165) is 0 Å². The van der Waals surface area contributed by atoms with Crippen LogP contribution in [0.2, 0.25) is 0 Å². The second-order valence-corrected chi connectivity index (χ2v) is 2.82. The third-order valence-corrected chi connectivity index (χ3v) is 0.539. The molecule has 2 aromatic heterocycles. The van der Waals surface area contributed by atoms with Crippen molar-refractivity contribution in [2.75, 3.05) is 0 Å². The van der Waals surface area contributed by atoms with Gasteiger partial charge in [-0.05, 0) is 0 Å². The molecule has 0 saturated heterocycles. The van der Waals surface area contributed by atoms with Crippen LogP contribution in [0.25, 0.3) is 0 Å². The molecule has 0 aromatic carbocycles. The molecule has 6 N–H and O–H groups in total. The van der Waals surface area contributed by atoms with Gasteiger partial charge in [0.25, 0.3) is 0 Å². The molecule has 18 heavy (non-hydrogen) atoms. The number of hydrogen-bond donors (Lipinski definition) is 6. The highest BCUT2D eigenvalue weighted by Crippen LogP contribution is 1.98. The molecule has 0 aliphatic rings. The molecule has 0 atom stereocenters. The first kappa shape index (κ1) is 18.8. The van der Waals surface area contributed by atoms with Crippen LogP contribution in [0, 0.1) is 0 Å². The Hall–Kier alpha value is -1.56. The van der Waals surface area contributed by atoms with E-state index in [0.29, 0.717) is 0 Å². The van der Waals surface area contributed by atoms with Crippen LogP contribution in [-0.4, -0.2) is 60.8 Å². The van der Waals surface area contributed by atoms with E-state index in [1.807, 2.05) is 0 Å². The Morgan fingerprint density at radius 1 is 0.778 bits per heavy atom. The van der Waals surface area contributed by atoms with Gasteiger partial charge in [-0.1, -0.05) is 10.4 Å². The first-order valence-electron chi connectivity index (χ1n) is 3.63. The highest BCUT2D eigenvalue weighted by molar-refractivity contribution is 7.31. The Balaban J connectivity index is 0. The minimum atomic E-state index is -3.13. The molecule has 0 aliphatic carbocycles. The molecule has 0 saturated carbocycles. The van der Waals surface area contributed by atoms with Gasteiger partial charge in [0, 0.05) is 0 Å². The normalized spacial score (nSPS) is 8.33. The van der Waals surface area contributed by atoms with E-state index in [4.69, 9.17) is 28.7 Å². The van der Waals surface area contributed by atoms with Crippen molar-refractivity contribution in [2.24, 2.45) is 0 Å². The molecular weight excluding hydrogens is 294 g/mol. The molecule has 104 valence electrons. The molecule has 16 heteroatoms. The standard InChI is InChI=1S/2CH2N4.2H3O3P/c2*1-2-4-5-3-1;2*1-4(2)3/h2*1H,(H,2,3,4,5);2*4H,(H2,1,2,3). The largest absolute Gasteiger partial charge is 0.326 e. The number of tetrazole rings is 2. The molecule has 14 nitrogen and oxygen atoms in total. The molecule has 2 rings (SSSR count). The first-order chi connectivity index (χ1) is 8.46. The van der Waals surface area contributed by atoms with Crippen molar-refractivity contribution in [3.8, 4) is 0 Å². The summed E-state index contributed by atoms with van der Waals surface area (Å²) in [5, 5.41) is 24.3. The predicted molar refractivity (Wildman–Crippen MR) is 55.2 cm³/mol. The first-order valence-corrected chi connectivity index (χ1v) is 6.24. The van der Waals surface area contributed by atoms with Gasteiger partial charge in [-0.2, -0.15) is 10.4 Å². The lowest BCUT2D eigenvalue weighted by atomic mass is 11.4. The molecule has 2 heterocycles. The van der Waals surface area contributed by atoms with Gasteiger partial charge in [0.1, 0.15) is 0 Å². The third kappa shape index (κ3) is 36.6. The van der Waals surface area contributed by atoms with Gasteiger partial charge in [0.05, 0.1) is 0 Å². The summed E-state index contributed by atoms with van der Waals surface area (Å²) in [5.74, 6) is 0. The summed E-state index contributed by atoms with van der Waals surface area (Å²) in [6.45, 7) is 0. The average Bonchev–Trinajstić information content (AvgIpc) is 2.96. The fourth-order valence-corrected chi connectivity index (χ4v) is 0.258. The highest BCUT2D eigenvalue weighted by atomic mass is 31.1. The second-order valence-electron chi connectivity index (χ2n) is 1.69. The average molecular weight is 304 g/mol. The van der Waals surface area contributed by atoms with Crippen molar-refractivity contribution in [3.05, 3.63) is 12.7 Å². The van der Waals surface area contributed by atoms with E-state index >= 15 is 0 Å². The summed E-state index contributed by atoms with van der Waals surface area (Å²) in [7, 11) is -6.26. The van der Waals surface area contributed by atoms with E-state index in [1.165, 1.54) is 12.7 Å². The number of aromatic amines is 2. The second kappa shape index (κ2) is 15.4. The van der Waals surface area contributed by atoms with Crippen LogP contribution in [0.3, 0.4) is 0 Å². The van der Waals surface area contributed by atoms with Crippen molar-refractivity contribution in [2.45, 2.75) is 0 Å². The Bertz CT molecular complexity index is 298. The topological polar surface area (TPSA) is 224 Å². The monoisotopic (exact) mass is 304 g/mol. The van der Waals surface area contributed by atoms with E-state index in [-0.39, 0.29) is 0 Å². The summed E-state index contributed by atoms with van der Waals surface area (Å²) in [5.41, 5.74) is 0. The maximum absolute atomic E-state index is 8.74. The number of H-pyrrole nitrogens is 2. The van der Waals surface area contributed by atoms with Crippen LogP contribution in [0.4, 0.5) is 0 Å². The Labute approximate surface area is 100.0 Å². The molecule has 2 aromatic rings. The molecule has 0 fully saturated rings. The Kier molecular flexibility index (Phi) is 16.1. The summed E-state index contributed by atoms with van der Waals surface area (Å²) >= 11 is 0. The van der Waals surface area contributed by atoms with Gasteiger partial charge >= 0.3 is 16.5 Å². The van der Waals surface area contributed by atoms with Gasteiger partial charge in [-0.25, -0.2) is 0 Å². The summed E-state index contributed by atoms with van der Waals surface area (Å²) in [6.07, 6.45) is 2.67. The van der Waals surface area contributed by atoms with Crippen molar-refractivity contribution >= 4 is 16.5 Å². The Morgan fingerprint density at radius 3 is 1.11 bits per heavy atom. The van der Waals surface area contributed by atoms with Gasteiger partial charge in [0.2, 0.25) is 0 Å². The lowest BCUT2D eigenvalue weighted by molar-refractivity contribution is 0.403. The van der Waals surface area contributed by atoms with E-state index in [2.05, 4.69) is 41.2 Å². The van der Waals surface area contributed by atoms with E-state index in [1.54, 1.807) is 0 Å². The lowest BCUT2D eigenvalue weighted by Crippen LogP contribution is -1.64. The van der Waals surface area contributed by atoms with Crippen LogP contribution in [0.15, 0.2) is 12.7 Å². The molecule has 0 radical (unpaired) electrons. The fraction of sp³-hybridized carbons (Fsp3) is 0. The maximum Gasteiger partial charge on any atom is 0.314 e. The SMILES string of the molecule is O=[PH](O)O.O=[PH](O)O.c1nn[nH]n1.c1nn[nH]n1.